The zero-order valence-electron chi connectivity index (χ0n) is 12.5. The van der Waals surface area contributed by atoms with E-state index in [0.29, 0.717) is 11.5 Å². The summed E-state index contributed by atoms with van der Waals surface area (Å²) >= 11 is 0. The van der Waals surface area contributed by atoms with Crippen LogP contribution in [0, 0.1) is 5.92 Å². The molecule has 3 aliphatic heterocycles. The molecule has 0 unspecified atom stereocenters. The van der Waals surface area contributed by atoms with Crippen LogP contribution in [0.1, 0.15) is 44.7 Å². The van der Waals surface area contributed by atoms with Crippen molar-refractivity contribution < 1.29 is 14.3 Å². The van der Waals surface area contributed by atoms with Crippen LogP contribution < -0.4 is 0 Å². The van der Waals surface area contributed by atoms with Gasteiger partial charge in [-0.25, -0.2) is 4.79 Å². The van der Waals surface area contributed by atoms with Gasteiger partial charge in [0, 0.05) is 35.8 Å². The summed E-state index contributed by atoms with van der Waals surface area (Å²) in [5.74, 6) is -0.573. The van der Waals surface area contributed by atoms with Crippen LogP contribution >= 0.6 is 0 Å². The van der Waals surface area contributed by atoms with Crippen molar-refractivity contribution >= 4 is 5.97 Å². The first kappa shape index (κ1) is 13.1. The molecule has 1 saturated heterocycles. The Morgan fingerprint density at radius 3 is 3.05 bits per heavy atom. The maximum absolute atomic E-state index is 11.9. The van der Waals surface area contributed by atoms with E-state index in [1.807, 2.05) is 13.0 Å². The fourth-order valence-electron chi connectivity index (χ4n) is 4.33. The van der Waals surface area contributed by atoms with E-state index in [2.05, 4.69) is 29.8 Å². The molecule has 4 atom stereocenters. The van der Waals surface area contributed by atoms with Crippen LogP contribution in [0.2, 0.25) is 0 Å². The number of rotatable bonds is 1. The average Bonchev–Trinajstić information content (AvgIpc) is 3.06. The molecule has 0 N–H and O–H groups in total. The van der Waals surface area contributed by atoms with Crippen LogP contribution in [0.5, 0.6) is 0 Å². The van der Waals surface area contributed by atoms with Crippen molar-refractivity contribution in [3.63, 3.8) is 0 Å². The van der Waals surface area contributed by atoms with Crippen molar-refractivity contribution in [2.24, 2.45) is 5.92 Å². The number of aryl methyl sites for hydroxylation is 1. The van der Waals surface area contributed by atoms with Gasteiger partial charge in [0.15, 0.2) is 0 Å². The van der Waals surface area contributed by atoms with Gasteiger partial charge in [-0.05, 0) is 44.4 Å². The van der Waals surface area contributed by atoms with Gasteiger partial charge in [-0.15, -0.1) is 0 Å². The van der Waals surface area contributed by atoms with Crippen molar-refractivity contribution in [2.75, 3.05) is 0 Å². The minimum atomic E-state index is -0.836. The molecule has 4 nitrogen and oxygen atoms in total. The van der Waals surface area contributed by atoms with Gasteiger partial charge >= 0.3 is 5.97 Å². The fraction of sp³-hybridized carbons (Fsp3) is 0.588. The number of carbonyl (C=O) groups is 1. The highest BCUT2D eigenvalue weighted by molar-refractivity contribution is 5.90. The van der Waals surface area contributed by atoms with Crippen LogP contribution in [-0.2, 0) is 20.8 Å². The predicted octanol–water partition coefficient (Wildman–Crippen LogP) is 2.99. The number of ether oxygens (including phenoxy) is 2. The van der Waals surface area contributed by atoms with Crippen molar-refractivity contribution in [2.45, 2.75) is 57.5 Å². The molecule has 1 aromatic rings. The van der Waals surface area contributed by atoms with Gasteiger partial charge in [0.1, 0.15) is 0 Å². The van der Waals surface area contributed by atoms with E-state index in [4.69, 9.17) is 9.47 Å². The number of carbonyl (C=O) groups excluding carboxylic acids is 1. The smallest absolute Gasteiger partial charge is 0.336 e. The Morgan fingerprint density at radius 1 is 1.48 bits per heavy atom. The molecule has 0 amide bonds. The van der Waals surface area contributed by atoms with E-state index in [1.54, 1.807) is 0 Å². The lowest BCUT2D eigenvalue weighted by Crippen LogP contribution is -2.36. The zero-order valence-corrected chi connectivity index (χ0v) is 12.5. The molecular formula is C17H21NO3. The van der Waals surface area contributed by atoms with E-state index >= 15 is 0 Å². The van der Waals surface area contributed by atoms with Crippen LogP contribution in [-0.4, -0.2) is 22.4 Å². The summed E-state index contributed by atoms with van der Waals surface area (Å²) in [6.07, 6.45) is 7.26. The van der Waals surface area contributed by atoms with E-state index in [1.165, 1.54) is 5.69 Å². The maximum atomic E-state index is 11.9. The number of hydrogen-bond donors (Lipinski definition) is 0. The van der Waals surface area contributed by atoms with Gasteiger partial charge in [0.25, 0.3) is 0 Å². The quantitative estimate of drug-likeness (QED) is 0.746. The third-order valence-electron chi connectivity index (χ3n) is 5.21. The summed E-state index contributed by atoms with van der Waals surface area (Å²) < 4.78 is 14.4. The number of esters is 1. The van der Waals surface area contributed by atoms with Crippen LogP contribution in [0.4, 0.5) is 0 Å². The Kier molecular flexibility index (Phi) is 2.80. The minimum absolute atomic E-state index is 0.140. The highest BCUT2D eigenvalue weighted by Crippen LogP contribution is 2.53. The van der Waals surface area contributed by atoms with Gasteiger partial charge in [0.2, 0.25) is 5.79 Å². The zero-order chi connectivity index (χ0) is 14.6. The van der Waals surface area contributed by atoms with Gasteiger partial charge in [-0.3, -0.25) is 0 Å². The molecule has 0 bridgehead atoms. The average molecular weight is 287 g/mol. The van der Waals surface area contributed by atoms with Gasteiger partial charge < -0.3 is 14.0 Å². The van der Waals surface area contributed by atoms with Crippen LogP contribution in [0.15, 0.2) is 30.0 Å². The third kappa shape index (κ3) is 1.75. The molecule has 0 aliphatic carbocycles. The standard InChI is InChI=1S/C17H21NO3/c1-3-12-15-13-6-4-8-18(13)9-5-7-14(15)20-17(12)10-11(2)16(19)21-17/h4,6,8,10,12,14-15H,3,5,7,9H2,1-2H3/t12-,14+,15+,17-/m0/s1. The molecule has 21 heavy (non-hydrogen) atoms. The van der Waals surface area contributed by atoms with E-state index in [9.17, 15) is 4.79 Å². The molecule has 4 heterocycles. The summed E-state index contributed by atoms with van der Waals surface area (Å²) in [4.78, 5) is 11.9. The Bertz CT molecular complexity index is 617. The van der Waals surface area contributed by atoms with Crippen LogP contribution in [0.25, 0.3) is 0 Å². The largest absolute Gasteiger partial charge is 0.425 e. The predicted molar refractivity (Wildman–Crippen MR) is 77.6 cm³/mol. The molecule has 1 fully saturated rings. The van der Waals surface area contributed by atoms with Gasteiger partial charge in [0.05, 0.1) is 6.10 Å². The van der Waals surface area contributed by atoms with Gasteiger partial charge in [-0.2, -0.15) is 0 Å². The lowest BCUT2D eigenvalue weighted by molar-refractivity contribution is -0.204. The van der Waals surface area contributed by atoms with Crippen molar-refractivity contribution in [3.05, 3.63) is 35.7 Å². The van der Waals surface area contributed by atoms with Gasteiger partial charge in [-0.1, -0.05) is 6.92 Å². The molecule has 0 aromatic carbocycles. The summed E-state index contributed by atoms with van der Waals surface area (Å²) in [6.45, 7) is 5.02. The lowest BCUT2D eigenvalue weighted by Gasteiger charge is -2.28. The van der Waals surface area contributed by atoms with Crippen molar-refractivity contribution in [1.82, 2.24) is 4.57 Å². The lowest BCUT2D eigenvalue weighted by atomic mass is 9.80. The highest BCUT2D eigenvalue weighted by Gasteiger charge is 2.59. The second-order valence-electron chi connectivity index (χ2n) is 6.40. The van der Waals surface area contributed by atoms with E-state index < -0.39 is 5.79 Å². The Morgan fingerprint density at radius 2 is 2.33 bits per heavy atom. The Balaban J connectivity index is 1.80. The summed E-state index contributed by atoms with van der Waals surface area (Å²) in [6, 6.07) is 4.30. The first-order valence-corrected chi connectivity index (χ1v) is 7.90. The molecule has 0 saturated carbocycles. The van der Waals surface area contributed by atoms with Crippen molar-refractivity contribution in [3.8, 4) is 0 Å². The van der Waals surface area contributed by atoms with E-state index in [0.717, 1.165) is 25.8 Å². The topological polar surface area (TPSA) is 40.5 Å². The fourth-order valence-corrected chi connectivity index (χ4v) is 4.33. The molecule has 1 aromatic heterocycles. The summed E-state index contributed by atoms with van der Waals surface area (Å²) in [5.41, 5.74) is 2.00. The number of nitrogens with zero attached hydrogens (tertiary/aromatic N) is 1. The molecule has 0 radical (unpaired) electrons. The molecule has 112 valence electrons. The molecular weight excluding hydrogens is 266 g/mol. The Hall–Kier alpha value is -1.55. The molecule has 3 aliphatic rings. The second-order valence-corrected chi connectivity index (χ2v) is 6.40. The summed E-state index contributed by atoms with van der Waals surface area (Å²) in [7, 11) is 0. The Labute approximate surface area is 124 Å². The number of fused-ring (bicyclic) bond motifs is 3. The van der Waals surface area contributed by atoms with E-state index in [-0.39, 0.29) is 18.0 Å². The first-order valence-electron chi connectivity index (χ1n) is 7.90. The molecule has 4 heteroatoms. The minimum Gasteiger partial charge on any atom is -0.425 e. The molecule has 1 spiro atoms. The third-order valence-corrected chi connectivity index (χ3v) is 5.21. The second kappa shape index (κ2) is 4.47. The maximum Gasteiger partial charge on any atom is 0.336 e. The normalized spacial score (nSPS) is 37.9. The number of hydrogen-bond acceptors (Lipinski definition) is 3. The first-order chi connectivity index (χ1) is 10.1. The summed E-state index contributed by atoms with van der Waals surface area (Å²) in [5, 5.41) is 0. The highest BCUT2D eigenvalue weighted by atomic mass is 16.7. The monoisotopic (exact) mass is 287 g/mol. The number of aromatic nitrogens is 1. The SMILES string of the molecule is CC[C@H]1[C@@H]2c3cccn3CCC[C@H]2O[C@]12C=C(C)C(=O)O2. The van der Waals surface area contributed by atoms with Crippen molar-refractivity contribution in [1.29, 1.82) is 0 Å². The van der Waals surface area contributed by atoms with Crippen LogP contribution in [0.3, 0.4) is 0 Å². The molecule has 4 rings (SSSR count).